The van der Waals surface area contributed by atoms with Crippen molar-refractivity contribution in [2.75, 3.05) is 14.2 Å². The lowest BCUT2D eigenvalue weighted by molar-refractivity contribution is 0.112. The van der Waals surface area contributed by atoms with E-state index in [-0.39, 0.29) is 0 Å². The lowest BCUT2D eigenvalue weighted by atomic mass is 10.1. The van der Waals surface area contributed by atoms with Crippen LogP contribution in [0.25, 0.3) is 0 Å². The molecule has 0 aliphatic rings. The summed E-state index contributed by atoms with van der Waals surface area (Å²) in [5.74, 6) is 0.958. The molecule has 0 amide bonds. The molecule has 0 heterocycles. The second kappa shape index (κ2) is 4.33. The molecule has 3 nitrogen and oxygen atoms in total. The highest BCUT2D eigenvalue weighted by Gasteiger charge is 2.15. The fraction of sp³-hybridized carbons (Fsp3) is 0.300. The summed E-state index contributed by atoms with van der Waals surface area (Å²) in [4.78, 5) is 10.7. The van der Waals surface area contributed by atoms with Crippen LogP contribution in [-0.2, 0) is 0 Å². The molecule has 0 aliphatic carbocycles. The number of hydrogen-bond donors (Lipinski definition) is 0. The molecule has 4 heteroatoms. The Morgan fingerprint density at radius 1 is 1.29 bits per heavy atom. The zero-order valence-corrected chi connectivity index (χ0v) is 9.01. The molecule has 14 heavy (non-hydrogen) atoms. The predicted molar refractivity (Wildman–Crippen MR) is 54.7 cm³/mol. The fourth-order valence-corrected chi connectivity index (χ4v) is 1.56. The first-order valence-corrected chi connectivity index (χ1v) is 4.39. The van der Waals surface area contributed by atoms with Crippen LogP contribution in [0.15, 0.2) is 6.07 Å². The average Bonchev–Trinajstić information content (AvgIpc) is 2.20. The van der Waals surface area contributed by atoms with Crippen molar-refractivity contribution in [3.63, 3.8) is 0 Å². The number of rotatable bonds is 3. The zero-order chi connectivity index (χ0) is 10.7. The first-order chi connectivity index (χ1) is 6.65. The van der Waals surface area contributed by atoms with Gasteiger partial charge in [0.15, 0.2) is 17.8 Å². The molecule has 0 aliphatic heterocycles. The number of halogens is 1. The number of carbonyl (C=O) groups is 1. The first kappa shape index (κ1) is 10.9. The van der Waals surface area contributed by atoms with Gasteiger partial charge >= 0.3 is 0 Å². The van der Waals surface area contributed by atoms with Crippen molar-refractivity contribution < 1.29 is 14.3 Å². The normalized spacial score (nSPS) is 9.71. The Labute approximate surface area is 87.6 Å². The molecule has 0 aromatic heterocycles. The molecule has 0 spiro atoms. The Morgan fingerprint density at radius 2 is 1.86 bits per heavy atom. The van der Waals surface area contributed by atoms with Gasteiger partial charge in [0.25, 0.3) is 0 Å². The van der Waals surface area contributed by atoms with E-state index in [1.54, 1.807) is 13.0 Å². The topological polar surface area (TPSA) is 35.5 Å². The Morgan fingerprint density at radius 3 is 2.29 bits per heavy atom. The SMILES string of the molecule is COc1c(Cl)cc(C=O)c(C)c1OC. The highest BCUT2D eigenvalue weighted by molar-refractivity contribution is 6.32. The summed E-state index contributed by atoms with van der Waals surface area (Å²) >= 11 is 5.90. The highest BCUT2D eigenvalue weighted by Crippen LogP contribution is 2.38. The van der Waals surface area contributed by atoms with Crippen LogP contribution in [0.1, 0.15) is 15.9 Å². The van der Waals surface area contributed by atoms with Crippen molar-refractivity contribution in [1.82, 2.24) is 0 Å². The molecular weight excluding hydrogens is 204 g/mol. The van der Waals surface area contributed by atoms with Gasteiger partial charge in [0.1, 0.15) is 0 Å². The van der Waals surface area contributed by atoms with Crippen LogP contribution in [0.2, 0.25) is 5.02 Å². The van der Waals surface area contributed by atoms with Gasteiger partial charge in [-0.3, -0.25) is 4.79 Å². The number of hydrogen-bond acceptors (Lipinski definition) is 3. The second-order valence-electron chi connectivity index (χ2n) is 2.76. The lowest BCUT2D eigenvalue weighted by Gasteiger charge is -2.13. The van der Waals surface area contributed by atoms with E-state index in [9.17, 15) is 4.79 Å². The molecule has 1 rings (SSSR count). The Kier molecular flexibility index (Phi) is 3.36. The predicted octanol–water partition coefficient (Wildman–Crippen LogP) is 2.48. The first-order valence-electron chi connectivity index (χ1n) is 4.02. The summed E-state index contributed by atoms with van der Waals surface area (Å²) in [6, 6.07) is 1.56. The van der Waals surface area contributed by atoms with E-state index in [1.165, 1.54) is 14.2 Å². The molecule has 0 atom stereocenters. The van der Waals surface area contributed by atoms with Crippen molar-refractivity contribution >= 4 is 17.9 Å². The molecule has 0 saturated heterocycles. The number of benzene rings is 1. The minimum atomic E-state index is 0.372. The van der Waals surface area contributed by atoms with E-state index in [0.717, 1.165) is 11.8 Å². The van der Waals surface area contributed by atoms with Crippen molar-refractivity contribution in [3.8, 4) is 11.5 Å². The van der Waals surface area contributed by atoms with Crippen LogP contribution < -0.4 is 9.47 Å². The molecule has 0 fully saturated rings. The molecule has 0 unspecified atom stereocenters. The van der Waals surface area contributed by atoms with Crippen LogP contribution in [0.3, 0.4) is 0 Å². The van der Waals surface area contributed by atoms with E-state index >= 15 is 0 Å². The maximum absolute atomic E-state index is 10.7. The smallest absolute Gasteiger partial charge is 0.179 e. The minimum Gasteiger partial charge on any atom is -0.493 e. The summed E-state index contributed by atoms with van der Waals surface area (Å²) in [7, 11) is 3.01. The number of ether oxygens (including phenoxy) is 2. The van der Waals surface area contributed by atoms with Crippen LogP contribution in [0.4, 0.5) is 0 Å². The molecule has 0 bridgehead atoms. The maximum atomic E-state index is 10.7. The van der Waals surface area contributed by atoms with Crippen molar-refractivity contribution in [3.05, 3.63) is 22.2 Å². The monoisotopic (exact) mass is 214 g/mol. The highest BCUT2D eigenvalue weighted by atomic mass is 35.5. The number of methoxy groups -OCH3 is 2. The zero-order valence-electron chi connectivity index (χ0n) is 8.26. The Hall–Kier alpha value is -1.22. The third-order valence-electron chi connectivity index (χ3n) is 2.01. The van der Waals surface area contributed by atoms with Gasteiger partial charge in [-0.25, -0.2) is 0 Å². The summed E-state index contributed by atoms with van der Waals surface area (Å²) in [5.41, 5.74) is 1.23. The third-order valence-corrected chi connectivity index (χ3v) is 2.29. The minimum absolute atomic E-state index is 0.372. The Bertz CT molecular complexity index is 361. The standard InChI is InChI=1S/C10H11ClO3/c1-6-7(5-12)4-8(11)10(14-3)9(6)13-2/h4-5H,1-3H3. The quantitative estimate of drug-likeness (QED) is 0.726. The number of aldehydes is 1. The summed E-state index contributed by atoms with van der Waals surface area (Å²) in [6.07, 6.45) is 0.739. The van der Waals surface area contributed by atoms with Crippen molar-refractivity contribution in [1.29, 1.82) is 0 Å². The van der Waals surface area contributed by atoms with Gasteiger partial charge in [0.05, 0.1) is 19.2 Å². The summed E-state index contributed by atoms with van der Waals surface area (Å²) in [5, 5.41) is 0.372. The van der Waals surface area contributed by atoms with E-state index in [1.807, 2.05) is 0 Å². The average molecular weight is 215 g/mol. The van der Waals surface area contributed by atoms with E-state index in [0.29, 0.717) is 22.1 Å². The van der Waals surface area contributed by atoms with E-state index < -0.39 is 0 Å². The van der Waals surface area contributed by atoms with E-state index in [4.69, 9.17) is 21.1 Å². The molecule has 1 aromatic rings. The largest absolute Gasteiger partial charge is 0.493 e. The molecule has 0 radical (unpaired) electrons. The maximum Gasteiger partial charge on any atom is 0.179 e. The summed E-state index contributed by atoms with van der Waals surface area (Å²) < 4.78 is 10.2. The van der Waals surface area contributed by atoms with Crippen LogP contribution in [-0.4, -0.2) is 20.5 Å². The Balaban J connectivity index is 3.47. The van der Waals surface area contributed by atoms with Crippen molar-refractivity contribution in [2.24, 2.45) is 0 Å². The third kappa shape index (κ3) is 1.68. The summed E-state index contributed by atoms with van der Waals surface area (Å²) in [6.45, 7) is 1.78. The van der Waals surface area contributed by atoms with Crippen LogP contribution in [0.5, 0.6) is 11.5 Å². The van der Waals surface area contributed by atoms with Gasteiger partial charge in [-0.05, 0) is 13.0 Å². The molecular formula is C10H11ClO3. The van der Waals surface area contributed by atoms with Gasteiger partial charge in [-0.2, -0.15) is 0 Å². The van der Waals surface area contributed by atoms with Gasteiger partial charge in [0, 0.05) is 11.1 Å². The fourth-order valence-electron chi connectivity index (χ4n) is 1.28. The van der Waals surface area contributed by atoms with Crippen LogP contribution in [0, 0.1) is 6.92 Å². The van der Waals surface area contributed by atoms with E-state index in [2.05, 4.69) is 0 Å². The number of carbonyl (C=O) groups excluding carboxylic acids is 1. The molecule has 76 valence electrons. The lowest BCUT2D eigenvalue weighted by Crippen LogP contribution is -1.97. The van der Waals surface area contributed by atoms with Gasteiger partial charge < -0.3 is 9.47 Å². The molecule has 0 saturated carbocycles. The van der Waals surface area contributed by atoms with Gasteiger partial charge in [-0.1, -0.05) is 11.6 Å². The van der Waals surface area contributed by atoms with Gasteiger partial charge in [0.2, 0.25) is 0 Å². The van der Waals surface area contributed by atoms with Crippen molar-refractivity contribution in [2.45, 2.75) is 6.92 Å². The molecule has 1 aromatic carbocycles. The van der Waals surface area contributed by atoms with Crippen LogP contribution >= 0.6 is 11.6 Å². The van der Waals surface area contributed by atoms with Gasteiger partial charge in [-0.15, -0.1) is 0 Å². The second-order valence-corrected chi connectivity index (χ2v) is 3.16. The molecule has 0 N–H and O–H groups in total.